The second-order valence-corrected chi connectivity index (χ2v) is 5.88. The maximum Gasteiger partial charge on any atom is 0.260 e. The molecule has 0 saturated heterocycles. The summed E-state index contributed by atoms with van der Waals surface area (Å²) >= 11 is 6.43. The summed E-state index contributed by atoms with van der Waals surface area (Å²) in [5.41, 5.74) is 2.21. The van der Waals surface area contributed by atoms with E-state index in [1.807, 2.05) is 30.3 Å². The Labute approximate surface area is 156 Å². The van der Waals surface area contributed by atoms with E-state index in [2.05, 4.69) is 10.4 Å². The van der Waals surface area contributed by atoms with Crippen LogP contribution in [0.25, 0.3) is 5.69 Å². The maximum atomic E-state index is 12.7. The number of ether oxygens (including phenoxy) is 2. The molecule has 3 rings (SSSR count). The van der Waals surface area contributed by atoms with Crippen LogP contribution in [0.1, 0.15) is 16.1 Å². The van der Waals surface area contributed by atoms with Crippen molar-refractivity contribution in [1.82, 2.24) is 9.78 Å². The first-order valence-electron chi connectivity index (χ1n) is 7.89. The van der Waals surface area contributed by atoms with Crippen molar-refractivity contribution in [3.63, 3.8) is 0 Å². The van der Waals surface area contributed by atoms with Gasteiger partial charge in [-0.3, -0.25) is 4.79 Å². The average Bonchev–Trinajstić information content (AvgIpc) is 2.96. The Bertz CT molecular complexity index is 939. The molecule has 1 N–H and O–H groups in total. The van der Waals surface area contributed by atoms with Crippen molar-refractivity contribution >= 4 is 23.2 Å². The number of methoxy groups -OCH3 is 2. The molecule has 2 aromatic carbocycles. The number of para-hydroxylation sites is 1. The molecule has 0 radical (unpaired) electrons. The van der Waals surface area contributed by atoms with Gasteiger partial charge in [0.1, 0.15) is 10.7 Å². The number of nitrogens with zero attached hydrogens (tertiary/aromatic N) is 2. The zero-order chi connectivity index (χ0) is 18.7. The number of carbonyl (C=O) groups is 1. The quantitative estimate of drug-likeness (QED) is 0.733. The van der Waals surface area contributed by atoms with Gasteiger partial charge in [0.2, 0.25) is 0 Å². The van der Waals surface area contributed by atoms with Gasteiger partial charge in [-0.05, 0) is 31.2 Å². The third kappa shape index (κ3) is 3.36. The molecule has 1 amide bonds. The number of hydrogen-bond acceptors (Lipinski definition) is 4. The van der Waals surface area contributed by atoms with Gasteiger partial charge in [-0.2, -0.15) is 5.10 Å². The van der Waals surface area contributed by atoms with Gasteiger partial charge in [-0.15, -0.1) is 0 Å². The Balaban J connectivity index is 1.90. The molecule has 134 valence electrons. The molecule has 0 unspecified atom stereocenters. The van der Waals surface area contributed by atoms with E-state index in [0.29, 0.717) is 28.4 Å². The van der Waals surface area contributed by atoms with E-state index in [9.17, 15) is 4.79 Å². The van der Waals surface area contributed by atoms with E-state index in [0.717, 1.165) is 5.69 Å². The van der Waals surface area contributed by atoms with Crippen molar-refractivity contribution in [2.45, 2.75) is 6.92 Å². The lowest BCUT2D eigenvalue weighted by Gasteiger charge is -2.10. The minimum atomic E-state index is -0.345. The van der Waals surface area contributed by atoms with Crippen LogP contribution in [-0.4, -0.2) is 29.9 Å². The topological polar surface area (TPSA) is 65.4 Å². The van der Waals surface area contributed by atoms with Crippen molar-refractivity contribution in [3.8, 4) is 17.2 Å². The Kier molecular flexibility index (Phi) is 5.14. The number of aromatic nitrogens is 2. The normalized spacial score (nSPS) is 10.5. The number of amides is 1. The number of nitrogens with one attached hydrogen (secondary N) is 1. The highest BCUT2D eigenvalue weighted by atomic mass is 35.5. The predicted octanol–water partition coefficient (Wildman–Crippen LogP) is 4.10. The fourth-order valence-corrected chi connectivity index (χ4v) is 2.96. The molecule has 1 aromatic heterocycles. The molecule has 7 heteroatoms. The minimum Gasteiger partial charge on any atom is -0.493 e. The number of halogens is 1. The van der Waals surface area contributed by atoms with Crippen molar-refractivity contribution in [2.24, 2.45) is 0 Å². The maximum absolute atomic E-state index is 12.7. The van der Waals surface area contributed by atoms with Crippen LogP contribution in [0.2, 0.25) is 5.15 Å². The van der Waals surface area contributed by atoms with Crippen molar-refractivity contribution < 1.29 is 14.3 Å². The fourth-order valence-electron chi connectivity index (χ4n) is 2.60. The number of anilines is 1. The highest BCUT2D eigenvalue weighted by Crippen LogP contribution is 2.30. The molecule has 6 nitrogen and oxygen atoms in total. The van der Waals surface area contributed by atoms with E-state index >= 15 is 0 Å². The summed E-state index contributed by atoms with van der Waals surface area (Å²) in [4.78, 5) is 12.7. The average molecular weight is 372 g/mol. The molecular formula is C19H18ClN3O3. The summed E-state index contributed by atoms with van der Waals surface area (Å²) in [6.07, 6.45) is 0. The van der Waals surface area contributed by atoms with E-state index in [-0.39, 0.29) is 11.1 Å². The summed E-state index contributed by atoms with van der Waals surface area (Å²) in [5.74, 6) is 0.756. The lowest BCUT2D eigenvalue weighted by molar-refractivity contribution is 0.102. The molecule has 0 fully saturated rings. The van der Waals surface area contributed by atoms with Crippen LogP contribution in [0.3, 0.4) is 0 Å². The number of aryl methyl sites for hydroxylation is 1. The van der Waals surface area contributed by atoms with E-state index in [1.165, 1.54) is 7.11 Å². The lowest BCUT2D eigenvalue weighted by Crippen LogP contribution is -2.13. The van der Waals surface area contributed by atoms with Gasteiger partial charge in [-0.25, -0.2) is 4.68 Å². The van der Waals surface area contributed by atoms with Crippen LogP contribution >= 0.6 is 11.6 Å². The highest BCUT2D eigenvalue weighted by Gasteiger charge is 2.21. The minimum absolute atomic E-state index is 0.256. The molecule has 3 aromatic rings. The molecular weight excluding hydrogens is 354 g/mol. The van der Waals surface area contributed by atoms with Gasteiger partial charge in [0.15, 0.2) is 11.5 Å². The standard InChI is InChI=1S/C19H18ClN3O3/c1-12-17(18(20)23(22-12)14-7-5-4-6-8-14)19(24)21-13-9-10-15(25-2)16(11-13)26-3/h4-11H,1-3H3,(H,21,24). The van der Waals surface area contributed by atoms with E-state index in [4.69, 9.17) is 21.1 Å². The number of benzene rings is 2. The smallest absolute Gasteiger partial charge is 0.260 e. The third-order valence-electron chi connectivity index (χ3n) is 3.87. The summed E-state index contributed by atoms with van der Waals surface area (Å²) in [7, 11) is 3.09. The SMILES string of the molecule is COc1ccc(NC(=O)c2c(C)nn(-c3ccccc3)c2Cl)cc1OC. The zero-order valence-electron chi connectivity index (χ0n) is 14.6. The summed E-state index contributed by atoms with van der Waals surface area (Å²) < 4.78 is 12.0. The number of rotatable bonds is 5. The van der Waals surface area contributed by atoms with Crippen molar-refractivity contribution in [1.29, 1.82) is 0 Å². The van der Waals surface area contributed by atoms with Gasteiger partial charge in [0.25, 0.3) is 5.91 Å². The monoisotopic (exact) mass is 371 g/mol. The van der Waals surface area contributed by atoms with Crippen LogP contribution in [0.5, 0.6) is 11.5 Å². The van der Waals surface area contributed by atoms with Crippen LogP contribution < -0.4 is 14.8 Å². The lowest BCUT2D eigenvalue weighted by atomic mass is 10.2. The third-order valence-corrected chi connectivity index (χ3v) is 4.22. The number of hydrogen-bond donors (Lipinski definition) is 1. The van der Waals surface area contributed by atoms with Crippen molar-refractivity contribution in [3.05, 3.63) is 64.9 Å². The summed E-state index contributed by atoms with van der Waals surface area (Å²) in [5, 5.41) is 7.46. The van der Waals surface area contributed by atoms with E-state index in [1.54, 1.807) is 36.9 Å². The molecule has 26 heavy (non-hydrogen) atoms. The molecule has 0 aliphatic rings. The summed E-state index contributed by atoms with van der Waals surface area (Å²) in [6, 6.07) is 14.5. The molecule has 0 aliphatic carbocycles. The second kappa shape index (κ2) is 7.49. The van der Waals surface area contributed by atoms with Gasteiger partial charge < -0.3 is 14.8 Å². The fraction of sp³-hybridized carbons (Fsp3) is 0.158. The second-order valence-electron chi connectivity index (χ2n) is 5.52. The van der Waals surface area contributed by atoms with Gasteiger partial charge in [0.05, 0.1) is 25.6 Å². The van der Waals surface area contributed by atoms with Gasteiger partial charge in [0, 0.05) is 11.8 Å². The van der Waals surface area contributed by atoms with Crippen molar-refractivity contribution in [2.75, 3.05) is 19.5 Å². The Morgan fingerprint density at radius 3 is 2.42 bits per heavy atom. The molecule has 0 bridgehead atoms. The molecule has 0 saturated carbocycles. The first-order valence-corrected chi connectivity index (χ1v) is 8.27. The molecule has 0 spiro atoms. The first kappa shape index (κ1) is 17.8. The van der Waals surface area contributed by atoms with Crippen LogP contribution in [0.4, 0.5) is 5.69 Å². The zero-order valence-corrected chi connectivity index (χ0v) is 15.4. The Morgan fingerprint density at radius 2 is 1.77 bits per heavy atom. The molecule has 0 aliphatic heterocycles. The first-order chi connectivity index (χ1) is 12.5. The van der Waals surface area contributed by atoms with Crippen LogP contribution in [-0.2, 0) is 0 Å². The summed E-state index contributed by atoms with van der Waals surface area (Å²) in [6.45, 7) is 1.74. The Hall–Kier alpha value is -2.99. The highest BCUT2D eigenvalue weighted by molar-refractivity contribution is 6.34. The van der Waals surface area contributed by atoms with E-state index < -0.39 is 0 Å². The van der Waals surface area contributed by atoms with Crippen LogP contribution in [0, 0.1) is 6.92 Å². The largest absolute Gasteiger partial charge is 0.493 e. The number of carbonyl (C=O) groups excluding carboxylic acids is 1. The van der Waals surface area contributed by atoms with Gasteiger partial charge in [-0.1, -0.05) is 29.8 Å². The predicted molar refractivity (Wildman–Crippen MR) is 101 cm³/mol. The molecule has 0 atom stereocenters. The molecule has 1 heterocycles. The van der Waals surface area contributed by atoms with Crippen LogP contribution in [0.15, 0.2) is 48.5 Å². The Morgan fingerprint density at radius 1 is 1.08 bits per heavy atom. The van der Waals surface area contributed by atoms with Gasteiger partial charge >= 0.3 is 0 Å².